The maximum absolute atomic E-state index is 10.9. The molecule has 0 aliphatic carbocycles. The Balaban J connectivity index is 3.11. The summed E-state index contributed by atoms with van der Waals surface area (Å²) in [4.78, 5) is 10.9. The van der Waals surface area contributed by atoms with Crippen LogP contribution in [0.15, 0.2) is 23.3 Å². The Morgan fingerprint density at radius 3 is 2.78 bits per heavy atom. The molecule has 0 amide bonds. The molecular formula is C10H8ClN5O2. The van der Waals surface area contributed by atoms with E-state index in [0.29, 0.717) is 5.02 Å². The molecule has 5 N–H and O–H groups in total. The van der Waals surface area contributed by atoms with Crippen molar-refractivity contribution in [1.29, 1.82) is 10.7 Å². The van der Waals surface area contributed by atoms with Gasteiger partial charge in [-0.3, -0.25) is 10.8 Å². The molecule has 0 aromatic heterocycles. The van der Waals surface area contributed by atoms with Crippen molar-refractivity contribution in [2.75, 3.05) is 5.43 Å². The third kappa shape index (κ3) is 3.20. The van der Waals surface area contributed by atoms with E-state index in [9.17, 15) is 4.79 Å². The minimum atomic E-state index is -1.18. The molecule has 0 saturated heterocycles. The lowest BCUT2D eigenvalue weighted by Crippen LogP contribution is -2.22. The van der Waals surface area contributed by atoms with Gasteiger partial charge in [0.05, 0.1) is 11.3 Å². The number of hydrazone groups is 1. The number of carboxylic acid groups (broad SMARTS) is 1. The number of hydrogen-bond acceptors (Lipinski definition) is 5. The number of nitrogens with zero attached hydrogens (tertiary/aromatic N) is 2. The number of aromatic carboxylic acids is 1. The van der Waals surface area contributed by atoms with Gasteiger partial charge in [-0.05, 0) is 18.2 Å². The Morgan fingerprint density at radius 1 is 1.61 bits per heavy atom. The summed E-state index contributed by atoms with van der Waals surface area (Å²) in [5, 5.41) is 28.4. The summed E-state index contributed by atoms with van der Waals surface area (Å²) in [5.41, 5.74) is 7.11. The van der Waals surface area contributed by atoms with Crippen molar-refractivity contribution < 1.29 is 9.90 Å². The summed E-state index contributed by atoms with van der Waals surface area (Å²) in [6.45, 7) is 0. The van der Waals surface area contributed by atoms with Gasteiger partial charge >= 0.3 is 5.97 Å². The van der Waals surface area contributed by atoms with E-state index < -0.39 is 11.8 Å². The van der Waals surface area contributed by atoms with E-state index >= 15 is 0 Å². The number of anilines is 1. The van der Waals surface area contributed by atoms with Crippen molar-refractivity contribution in [3.05, 3.63) is 28.8 Å². The van der Waals surface area contributed by atoms with Crippen molar-refractivity contribution in [1.82, 2.24) is 0 Å². The lowest BCUT2D eigenvalue weighted by molar-refractivity contribution is 0.0698. The normalized spacial score (nSPS) is 10.6. The van der Waals surface area contributed by atoms with Crippen LogP contribution in [0.25, 0.3) is 0 Å². The van der Waals surface area contributed by atoms with E-state index in [0.717, 1.165) is 0 Å². The fourth-order valence-corrected chi connectivity index (χ4v) is 1.23. The molecule has 1 rings (SSSR count). The molecule has 0 atom stereocenters. The molecule has 0 radical (unpaired) electrons. The molecule has 0 spiro atoms. The monoisotopic (exact) mass is 265 g/mol. The number of carboxylic acids is 1. The van der Waals surface area contributed by atoms with Crippen LogP contribution in [-0.4, -0.2) is 22.6 Å². The van der Waals surface area contributed by atoms with Crippen molar-refractivity contribution >= 4 is 34.8 Å². The van der Waals surface area contributed by atoms with Crippen LogP contribution in [0, 0.1) is 16.7 Å². The van der Waals surface area contributed by atoms with Gasteiger partial charge in [-0.25, -0.2) is 4.79 Å². The standard InChI is InChI=1S/C10H8ClN5O2/c11-5-1-2-6(10(17)18)7(3-5)15-16-8(4-12)9(13)14/h1-3,15H,(H3,13,14)(H,17,18)/b16-8+. The summed E-state index contributed by atoms with van der Waals surface area (Å²) in [6, 6.07) is 5.64. The topological polar surface area (TPSA) is 135 Å². The van der Waals surface area contributed by atoms with Crippen LogP contribution >= 0.6 is 11.6 Å². The molecule has 0 bridgehead atoms. The molecule has 7 nitrogen and oxygen atoms in total. The Bertz CT molecular complexity index is 576. The van der Waals surface area contributed by atoms with Crippen LogP contribution in [0.2, 0.25) is 5.02 Å². The van der Waals surface area contributed by atoms with Crippen molar-refractivity contribution in [3.8, 4) is 6.07 Å². The summed E-state index contributed by atoms with van der Waals surface area (Å²) in [5.74, 6) is -1.70. The molecule has 0 fully saturated rings. The number of halogens is 1. The minimum Gasteiger partial charge on any atom is -0.478 e. The van der Waals surface area contributed by atoms with Crippen molar-refractivity contribution in [3.63, 3.8) is 0 Å². The van der Waals surface area contributed by atoms with E-state index in [2.05, 4.69) is 10.5 Å². The first-order valence-electron chi connectivity index (χ1n) is 4.56. The molecule has 1 aromatic rings. The average Bonchev–Trinajstić information content (AvgIpc) is 2.29. The number of benzene rings is 1. The van der Waals surface area contributed by atoms with Crippen LogP contribution < -0.4 is 11.2 Å². The van der Waals surface area contributed by atoms with Gasteiger partial charge in [0.25, 0.3) is 0 Å². The molecule has 18 heavy (non-hydrogen) atoms. The number of nitriles is 1. The van der Waals surface area contributed by atoms with E-state index in [1.807, 2.05) is 0 Å². The molecule has 0 heterocycles. The fraction of sp³-hybridized carbons (Fsp3) is 0. The van der Waals surface area contributed by atoms with Gasteiger partial charge in [0.15, 0.2) is 5.84 Å². The zero-order valence-electron chi connectivity index (χ0n) is 8.94. The van der Waals surface area contributed by atoms with Gasteiger partial charge in [-0.15, -0.1) is 0 Å². The van der Waals surface area contributed by atoms with Crippen LogP contribution in [0.3, 0.4) is 0 Å². The zero-order chi connectivity index (χ0) is 13.7. The highest BCUT2D eigenvalue weighted by molar-refractivity contribution is 6.45. The minimum absolute atomic E-state index is 0.0657. The van der Waals surface area contributed by atoms with Crippen LogP contribution in [0.4, 0.5) is 5.69 Å². The first kappa shape index (κ1) is 13.5. The molecule has 0 unspecified atom stereocenters. The second-order valence-corrected chi connectivity index (χ2v) is 3.53. The summed E-state index contributed by atoms with van der Waals surface area (Å²) < 4.78 is 0. The Kier molecular flexibility index (Phi) is 4.23. The first-order chi connectivity index (χ1) is 8.45. The predicted molar refractivity (Wildman–Crippen MR) is 67.0 cm³/mol. The lowest BCUT2D eigenvalue weighted by atomic mass is 10.2. The molecular weight excluding hydrogens is 258 g/mol. The Labute approximate surface area is 107 Å². The third-order valence-electron chi connectivity index (χ3n) is 1.86. The lowest BCUT2D eigenvalue weighted by Gasteiger charge is -2.05. The number of carbonyl (C=O) groups is 1. The van der Waals surface area contributed by atoms with Gasteiger partial charge in [0.1, 0.15) is 6.07 Å². The smallest absolute Gasteiger partial charge is 0.337 e. The van der Waals surface area contributed by atoms with Gasteiger partial charge in [-0.1, -0.05) is 11.6 Å². The maximum atomic E-state index is 10.9. The van der Waals surface area contributed by atoms with E-state index in [1.165, 1.54) is 18.2 Å². The van der Waals surface area contributed by atoms with Gasteiger partial charge in [0, 0.05) is 5.02 Å². The second-order valence-electron chi connectivity index (χ2n) is 3.09. The summed E-state index contributed by atoms with van der Waals surface area (Å²) >= 11 is 5.72. The van der Waals surface area contributed by atoms with Crippen LogP contribution in [-0.2, 0) is 0 Å². The second kappa shape index (κ2) is 5.65. The molecule has 0 aliphatic rings. The number of nitrogens with two attached hydrogens (primary N) is 1. The van der Waals surface area contributed by atoms with Crippen molar-refractivity contribution in [2.45, 2.75) is 0 Å². The number of amidine groups is 1. The third-order valence-corrected chi connectivity index (χ3v) is 2.10. The molecule has 0 saturated carbocycles. The van der Waals surface area contributed by atoms with Crippen LogP contribution in [0.1, 0.15) is 10.4 Å². The predicted octanol–water partition coefficient (Wildman–Crippen LogP) is 1.27. The van der Waals surface area contributed by atoms with Crippen LogP contribution in [0.5, 0.6) is 0 Å². The summed E-state index contributed by atoms with van der Waals surface area (Å²) in [7, 11) is 0. The number of hydrogen-bond donors (Lipinski definition) is 4. The molecule has 92 valence electrons. The fourth-order valence-electron chi connectivity index (χ4n) is 1.06. The van der Waals surface area contributed by atoms with Gasteiger partial charge < -0.3 is 10.8 Å². The maximum Gasteiger partial charge on any atom is 0.337 e. The number of nitrogens with one attached hydrogen (secondary N) is 2. The average molecular weight is 266 g/mol. The highest BCUT2D eigenvalue weighted by Crippen LogP contribution is 2.21. The van der Waals surface area contributed by atoms with E-state index in [4.69, 9.17) is 33.1 Å². The zero-order valence-corrected chi connectivity index (χ0v) is 9.69. The largest absolute Gasteiger partial charge is 0.478 e. The Hall–Kier alpha value is -2.59. The molecule has 0 aliphatic heterocycles. The summed E-state index contributed by atoms with van der Waals surface area (Å²) in [6.07, 6.45) is 0. The van der Waals surface area contributed by atoms with Gasteiger partial charge in [0.2, 0.25) is 5.71 Å². The van der Waals surface area contributed by atoms with E-state index in [-0.39, 0.29) is 17.0 Å². The quantitative estimate of drug-likeness (QED) is 0.369. The highest BCUT2D eigenvalue weighted by Gasteiger charge is 2.10. The first-order valence-corrected chi connectivity index (χ1v) is 4.94. The SMILES string of the molecule is N#C/C(=N\Nc1cc(Cl)ccc1C(=O)O)C(=N)N. The molecule has 8 heteroatoms. The highest BCUT2D eigenvalue weighted by atomic mass is 35.5. The number of rotatable bonds is 4. The van der Waals surface area contributed by atoms with Crippen molar-refractivity contribution in [2.24, 2.45) is 10.8 Å². The Morgan fingerprint density at radius 2 is 2.28 bits per heavy atom. The van der Waals surface area contributed by atoms with E-state index in [1.54, 1.807) is 6.07 Å². The van der Waals surface area contributed by atoms with Gasteiger partial charge in [-0.2, -0.15) is 10.4 Å². The molecule has 1 aromatic carbocycles.